The van der Waals surface area contributed by atoms with Crippen LogP contribution in [0.4, 0.5) is 0 Å². The predicted molar refractivity (Wildman–Crippen MR) is 196 cm³/mol. The fraction of sp³-hybridized carbons (Fsp3) is 0.100. The van der Waals surface area contributed by atoms with Crippen molar-refractivity contribution in [3.8, 4) is 51.7 Å². The van der Waals surface area contributed by atoms with E-state index < -0.39 is 9.84 Å². The lowest BCUT2D eigenvalue weighted by Gasteiger charge is -2.26. The highest BCUT2D eigenvalue weighted by molar-refractivity contribution is 7.91. The van der Waals surface area contributed by atoms with Gasteiger partial charge in [-0.1, -0.05) is 38.1 Å². The minimum absolute atomic E-state index is 0.00894. The van der Waals surface area contributed by atoms with E-state index in [1.807, 2.05) is 24.3 Å². The Morgan fingerprint density at radius 3 is 0.923 bits per heavy atom. The van der Waals surface area contributed by atoms with Gasteiger partial charge in [-0.05, 0) is 108 Å². The van der Waals surface area contributed by atoms with Crippen molar-refractivity contribution in [2.24, 2.45) is 0 Å². The Balaban J connectivity index is 0.000000195. The first-order chi connectivity index (χ1) is 24.5. The Kier molecular flexibility index (Phi) is 13.8. The molecule has 0 heterocycles. The van der Waals surface area contributed by atoms with Gasteiger partial charge in [-0.15, -0.1) is 0 Å². The van der Waals surface area contributed by atoms with Crippen LogP contribution in [0.25, 0.3) is 0 Å². The lowest BCUT2D eigenvalue weighted by molar-refractivity contribution is 0.412. The summed E-state index contributed by atoms with van der Waals surface area (Å²) in [6, 6.07) is 35.0. The summed E-state index contributed by atoms with van der Waals surface area (Å²) < 4.78 is 29.0. The van der Waals surface area contributed by atoms with Gasteiger partial charge in [0.15, 0.2) is 0 Å². The molecule has 52 heavy (non-hydrogen) atoms. The third-order valence-corrected chi connectivity index (χ3v) is 9.22. The molecule has 0 atom stereocenters. The second-order valence-corrected chi connectivity index (χ2v) is 13.6. The Labute approximate surface area is 301 Å². The van der Waals surface area contributed by atoms with Crippen molar-refractivity contribution < 1.29 is 54.0 Å². The number of rotatable bonds is 5. The molecule has 0 spiro atoms. The maximum absolute atomic E-state index is 12.1. The third kappa shape index (κ3) is 11.8. The Morgan fingerprint density at radius 2 is 0.654 bits per heavy atom. The van der Waals surface area contributed by atoms with E-state index in [2.05, 4.69) is 13.8 Å². The molecule has 272 valence electrons. The van der Waals surface area contributed by atoms with Crippen LogP contribution in [0, 0.1) is 0 Å². The number of ether oxygens (including phenoxy) is 1. The molecule has 11 nitrogen and oxygen atoms in total. The van der Waals surface area contributed by atoms with Crippen LogP contribution in [-0.4, -0.2) is 56.4 Å². The van der Waals surface area contributed by atoms with Crippen molar-refractivity contribution in [1.29, 1.82) is 0 Å². The Hall–Kier alpha value is -6.53. The molecule has 6 rings (SSSR count). The highest BCUT2D eigenvalue weighted by Crippen LogP contribution is 2.33. The molecule has 8 N–H and O–H groups in total. The summed E-state index contributed by atoms with van der Waals surface area (Å²) in [7, 11) is -2.01. The first-order valence-corrected chi connectivity index (χ1v) is 17.0. The van der Waals surface area contributed by atoms with E-state index in [0.717, 1.165) is 35.1 Å². The molecule has 6 aromatic rings. The molecule has 0 aromatic heterocycles. The molecule has 6 aromatic carbocycles. The fourth-order valence-electron chi connectivity index (χ4n) is 4.47. The molecule has 0 amide bonds. The number of phenolic OH excluding ortho intramolecular Hbond substituents is 8. The summed E-state index contributed by atoms with van der Waals surface area (Å²) in [6.07, 6.45) is 0. The average Bonchev–Trinajstić information content (AvgIpc) is 3.10. The van der Waals surface area contributed by atoms with E-state index in [9.17, 15) is 18.6 Å². The van der Waals surface area contributed by atoms with Crippen molar-refractivity contribution in [2.45, 2.75) is 29.1 Å². The highest BCUT2D eigenvalue weighted by atomic mass is 32.2. The summed E-state index contributed by atoms with van der Waals surface area (Å²) in [4.78, 5) is 0.196. The van der Waals surface area contributed by atoms with Gasteiger partial charge in [-0.3, -0.25) is 0 Å². The van der Waals surface area contributed by atoms with Gasteiger partial charge in [0, 0.05) is 23.6 Å². The first kappa shape index (κ1) is 39.9. The van der Waals surface area contributed by atoms with Crippen LogP contribution in [-0.2, 0) is 15.3 Å². The smallest absolute Gasteiger partial charge is 0.206 e. The molecular formula is C40H40O11S. The van der Waals surface area contributed by atoms with Gasteiger partial charge in [-0.25, -0.2) is 8.42 Å². The fourth-order valence-corrected chi connectivity index (χ4v) is 5.73. The van der Waals surface area contributed by atoms with Crippen molar-refractivity contribution in [3.63, 3.8) is 0 Å². The number of aromatic hydroxyl groups is 8. The molecular weight excluding hydrogens is 688 g/mol. The quantitative estimate of drug-likeness (QED) is 0.0870. The van der Waals surface area contributed by atoms with Crippen LogP contribution >= 0.6 is 0 Å². The lowest BCUT2D eigenvalue weighted by atomic mass is 9.78. The Bertz CT molecular complexity index is 1950. The van der Waals surface area contributed by atoms with Gasteiger partial charge >= 0.3 is 0 Å². The van der Waals surface area contributed by atoms with Crippen LogP contribution in [0.5, 0.6) is 51.7 Å². The maximum Gasteiger partial charge on any atom is 0.206 e. The second kappa shape index (κ2) is 17.9. The van der Waals surface area contributed by atoms with E-state index in [0.29, 0.717) is 0 Å². The normalized spacial score (nSPS) is 10.6. The summed E-state index contributed by atoms with van der Waals surface area (Å²) in [6.45, 7) is 4.23. The topological polar surface area (TPSA) is 205 Å². The first-order valence-electron chi connectivity index (χ1n) is 15.5. The van der Waals surface area contributed by atoms with E-state index in [1.54, 1.807) is 55.6 Å². The van der Waals surface area contributed by atoms with E-state index in [-0.39, 0.29) is 61.2 Å². The maximum atomic E-state index is 12.1. The SMILES string of the molecule is CC(C)(c1ccc(O)cc1)c1ccc(O)cc1.COc1ccc(O)cc1.O=S(=O)(c1ccc(O)cc1)c1ccc(O)cc1.Oc1cc(O)cc(O)c1. The van der Waals surface area contributed by atoms with Gasteiger partial charge in [0.1, 0.15) is 51.7 Å². The molecule has 0 aliphatic carbocycles. The summed E-state index contributed by atoms with van der Waals surface area (Å²) in [5.41, 5.74) is 2.10. The molecule has 12 heteroatoms. The van der Waals surface area contributed by atoms with Crippen molar-refractivity contribution in [1.82, 2.24) is 0 Å². The average molecular weight is 729 g/mol. The third-order valence-electron chi connectivity index (χ3n) is 7.43. The van der Waals surface area contributed by atoms with Crippen LogP contribution in [0.1, 0.15) is 25.0 Å². The zero-order valence-corrected chi connectivity index (χ0v) is 29.3. The van der Waals surface area contributed by atoms with Gasteiger partial charge in [0.05, 0.1) is 16.9 Å². The summed E-state index contributed by atoms with van der Waals surface area (Å²) >= 11 is 0. The minimum atomic E-state index is -3.59. The summed E-state index contributed by atoms with van der Waals surface area (Å²) in [5, 5.41) is 71.6. The predicted octanol–water partition coefficient (Wildman–Crippen LogP) is 7.56. The van der Waals surface area contributed by atoms with Crippen molar-refractivity contribution in [3.05, 3.63) is 151 Å². The van der Waals surface area contributed by atoms with Crippen LogP contribution in [0.3, 0.4) is 0 Å². The van der Waals surface area contributed by atoms with Gasteiger partial charge in [0.25, 0.3) is 0 Å². The molecule has 0 radical (unpaired) electrons. The largest absolute Gasteiger partial charge is 0.508 e. The molecule has 0 unspecified atom stereocenters. The van der Waals surface area contributed by atoms with Gasteiger partial charge < -0.3 is 45.6 Å². The molecule has 0 fully saturated rings. The van der Waals surface area contributed by atoms with Crippen molar-refractivity contribution >= 4 is 9.84 Å². The zero-order chi connectivity index (χ0) is 38.5. The Morgan fingerprint density at radius 1 is 0.404 bits per heavy atom. The number of methoxy groups -OCH3 is 1. The number of hydrogen-bond acceptors (Lipinski definition) is 11. The lowest BCUT2D eigenvalue weighted by Crippen LogP contribution is -2.18. The van der Waals surface area contributed by atoms with E-state index in [1.165, 1.54) is 48.5 Å². The second-order valence-electron chi connectivity index (χ2n) is 11.6. The van der Waals surface area contributed by atoms with Gasteiger partial charge in [0.2, 0.25) is 9.84 Å². The zero-order valence-electron chi connectivity index (χ0n) is 28.5. The molecule has 0 saturated carbocycles. The van der Waals surface area contributed by atoms with Crippen LogP contribution in [0.2, 0.25) is 0 Å². The van der Waals surface area contributed by atoms with Crippen LogP contribution < -0.4 is 4.74 Å². The number of hydrogen-bond donors (Lipinski definition) is 8. The van der Waals surface area contributed by atoms with E-state index >= 15 is 0 Å². The number of sulfone groups is 1. The minimum Gasteiger partial charge on any atom is -0.508 e. The van der Waals surface area contributed by atoms with Crippen LogP contribution in [0.15, 0.2) is 149 Å². The number of benzene rings is 6. The summed E-state index contributed by atoms with van der Waals surface area (Å²) in [5.74, 6) is 1.14. The molecule has 0 aliphatic rings. The highest BCUT2D eigenvalue weighted by Gasteiger charge is 2.23. The van der Waals surface area contributed by atoms with E-state index in [4.69, 9.17) is 35.4 Å². The molecule has 0 bridgehead atoms. The van der Waals surface area contributed by atoms with Gasteiger partial charge in [-0.2, -0.15) is 0 Å². The number of phenols is 8. The molecule has 0 saturated heterocycles. The molecule has 0 aliphatic heterocycles. The monoisotopic (exact) mass is 728 g/mol. The standard InChI is InChI=1S/C15H16O2.C12H10O4S.C7H8O2.C6H6O3/c1-15(2,11-3-7-13(16)8-4-11)12-5-9-14(17)10-6-12;13-9-1-5-11(6-2-9)17(15,16)12-7-3-10(14)4-8-12;1-9-7-4-2-6(8)3-5-7;7-4-1-5(8)3-6(9)2-4/h3-10,16-17H,1-2H3;1-8,13-14H;2-5,8H,1H3;1-3,7-9H. The van der Waals surface area contributed by atoms with Crippen molar-refractivity contribution in [2.75, 3.05) is 7.11 Å².